The van der Waals surface area contributed by atoms with E-state index in [0.717, 1.165) is 24.6 Å². The number of hydrogen-bond acceptors (Lipinski definition) is 5. The lowest BCUT2D eigenvalue weighted by atomic mass is 10.0. The second-order valence-electron chi connectivity index (χ2n) is 7.45. The van der Waals surface area contributed by atoms with Crippen LogP contribution in [0.25, 0.3) is 0 Å². The largest absolute Gasteiger partial charge is 0.467 e. The van der Waals surface area contributed by atoms with E-state index in [1.54, 1.807) is 0 Å². The first-order valence-corrected chi connectivity index (χ1v) is 12.0. The van der Waals surface area contributed by atoms with Crippen molar-refractivity contribution in [3.05, 3.63) is 0 Å². The van der Waals surface area contributed by atoms with Gasteiger partial charge in [0.05, 0.1) is 7.11 Å². The molecule has 1 N–H and O–H groups in total. The molecular formula is C22H41NO4S. The Morgan fingerprint density at radius 2 is 1.29 bits per heavy atom. The summed E-state index contributed by atoms with van der Waals surface area (Å²) in [4.78, 5) is 34.6. The molecule has 0 saturated carbocycles. The summed E-state index contributed by atoms with van der Waals surface area (Å²) in [6, 6.07) is -0.761. The highest BCUT2D eigenvalue weighted by atomic mass is 32.2. The number of hydrogen-bond donors (Lipinski definition) is 1. The first-order chi connectivity index (χ1) is 13.5. The Balaban J connectivity index is 3.54. The summed E-state index contributed by atoms with van der Waals surface area (Å²) in [6.45, 7) is 3.60. The Morgan fingerprint density at radius 3 is 1.71 bits per heavy atom. The molecule has 1 atom stereocenters. The van der Waals surface area contributed by atoms with Crippen molar-refractivity contribution in [2.45, 2.75) is 110 Å². The predicted octanol–water partition coefficient (Wildman–Crippen LogP) is 5.41. The topological polar surface area (TPSA) is 72.5 Å². The number of carbonyl (C=O) groups excluding carboxylic acids is 3. The predicted molar refractivity (Wildman–Crippen MR) is 117 cm³/mol. The van der Waals surface area contributed by atoms with Crippen molar-refractivity contribution in [3.8, 4) is 0 Å². The molecule has 0 radical (unpaired) electrons. The Bertz CT molecular complexity index is 429. The van der Waals surface area contributed by atoms with Gasteiger partial charge in [-0.2, -0.15) is 0 Å². The van der Waals surface area contributed by atoms with Gasteiger partial charge in [0.2, 0.25) is 5.91 Å². The van der Waals surface area contributed by atoms with Crippen LogP contribution in [0, 0.1) is 0 Å². The number of carbonyl (C=O) groups is 3. The number of ether oxygens (including phenoxy) is 1. The van der Waals surface area contributed by atoms with E-state index in [9.17, 15) is 14.4 Å². The van der Waals surface area contributed by atoms with Gasteiger partial charge in [-0.1, -0.05) is 95.7 Å². The van der Waals surface area contributed by atoms with Crippen molar-refractivity contribution in [2.75, 3.05) is 12.9 Å². The molecule has 0 aliphatic carbocycles. The zero-order chi connectivity index (χ0) is 21.0. The van der Waals surface area contributed by atoms with E-state index in [4.69, 9.17) is 0 Å². The van der Waals surface area contributed by atoms with Crippen LogP contribution in [0.3, 0.4) is 0 Å². The molecule has 164 valence electrons. The second-order valence-corrected chi connectivity index (χ2v) is 8.53. The molecule has 0 bridgehead atoms. The lowest BCUT2D eigenvalue weighted by Crippen LogP contribution is -2.42. The van der Waals surface area contributed by atoms with E-state index in [2.05, 4.69) is 17.0 Å². The summed E-state index contributed by atoms with van der Waals surface area (Å²) in [5.41, 5.74) is 0. The highest BCUT2D eigenvalue weighted by Crippen LogP contribution is 2.15. The standard InChI is InChI=1S/C22H41NO4S/c1-4-5-6-7-8-9-10-11-12-13-14-15-16-17-21(25)28-18-20(22(26)27-3)23-19(2)24/h20H,4-18H2,1-3H3,(H,23,24)/t20-/m0/s1. The zero-order valence-electron chi connectivity index (χ0n) is 18.2. The Labute approximate surface area is 176 Å². The van der Waals surface area contributed by atoms with Crippen molar-refractivity contribution < 1.29 is 19.1 Å². The minimum atomic E-state index is -0.761. The molecule has 0 aliphatic heterocycles. The van der Waals surface area contributed by atoms with Gasteiger partial charge in [-0.3, -0.25) is 9.59 Å². The molecule has 0 aromatic carbocycles. The Kier molecular flexibility index (Phi) is 18.6. The third kappa shape index (κ3) is 17.1. The third-order valence-electron chi connectivity index (χ3n) is 4.76. The summed E-state index contributed by atoms with van der Waals surface area (Å²) in [5, 5.41) is 2.59. The fraction of sp³-hybridized carbons (Fsp3) is 0.864. The van der Waals surface area contributed by atoms with Gasteiger partial charge in [0, 0.05) is 19.1 Å². The number of unbranched alkanes of at least 4 members (excludes halogenated alkanes) is 12. The molecule has 1 amide bonds. The van der Waals surface area contributed by atoms with Gasteiger partial charge in [0.25, 0.3) is 0 Å². The van der Waals surface area contributed by atoms with Crippen molar-refractivity contribution in [2.24, 2.45) is 0 Å². The molecule has 28 heavy (non-hydrogen) atoms. The normalized spacial score (nSPS) is 11.8. The van der Waals surface area contributed by atoms with Gasteiger partial charge in [-0.05, 0) is 6.42 Å². The van der Waals surface area contributed by atoms with Gasteiger partial charge in [-0.25, -0.2) is 4.79 Å². The van der Waals surface area contributed by atoms with E-state index in [-0.39, 0.29) is 16.8 Å². The lowest BCUT2D eigenvalue weighted by Gasteiger charge is -2.14. The van der Waals surface area contributed by atoms with Crippen LogP contribution in [0.1, 0.15) is 104 Å². The number of rotatable bonds is 18. The van der Waals surface area contributed by atoms with E-state index in [0.29, 0.717) is 6.42 Å². The van der Waals surface area contributed by atoms with Crippen LogP contribution in [0.15, 0.2) is 0 Å². The smallest absolute Gasteiger partial charge is 0.329 e. The molecule has 0 saturated heterocycles. The van der Waals surface area contributed by atoms with Crippen LogP contribution in [-0.2, 0) is 19.1 Å². The van der Waals surface area contributed by atoms with Crippen molar-refractivity contribution in [1.29, 1.82) is 0 Å². The number of esters is 1. The highest BCUT2D eigenvalue weighted by molar-refractivity contribution is 8.13. The number of methoxy groups -OCH3 is 1. The second kappa shape index (κ2) is 19.3. The molecule has 5 nitrogen and oxygen atoms in total. The van der Waals surface area contributed by atoms with Gasteiger partial charge in [0.1, 0.15) is 6.04 Å². The first kappa shape index (κ1) is 27.0. The van der Waals surface area contributed by atoms with Crippen LogP contribution >= 0.6 is 11.8 Å². The van der Waals surface area contributed by atoms with Crippen LogP contribution in [0.4, 0.5) is 0 Å². The molecule has 0 spiro atoms. The molecule has 0 aliphatic rings. The van der Waals surface area contributed by atoms with E-state index < -0.39 is 12.0 Å². The van der Waals surface area contributed by atoms with Gasteiger partial charge in [0.15, 0.2) is 5.12 Å². The van der Waals surface area contributed by atoms with Crippen molar-refractivity contribution in [1.82, 2.24) is 5.32 Å². The summed E-state index contributed by atoms with van der Waals surface area (Å²) in [5.74, 6) is -0.597. The maximum atomic E-state index is 11.9. The summed E-state index contributed by atoms with van der Waals surface area (Å²) in [6.07, 6.45) is 17.2. The number of amides is 1. The zero-order valence-corrected chi connectivity index (χ0v) is 19.0. The van der Waals surface area contributed by atoms with Gasteiger partial charge < -0.3 is 10.1 Å². The van der Waals surface area contributed by atoms with Crippen LogP contribution in [0.2, 0.25) is 0 Å². The Morgan fingerprint density at radius 1 is 0.821 bits per heavy atom. The lowest BCUT2D eigenvalue weighted by molar-refractivity contribution is -0.144. The van der Waals surface area contributed by atoms with Crippen molar-refractivity contribution >= 4 is 28.8 Å². The maximum Gasteiger partial charge on any atom is 0.329 e. The average molecular weight is 416 g/mol. The average Bonchev–Trinajstić information content (AvgIpc) is 2.67. The van der Waals surface area contributed by atoms with Crippen LogP contribution in [-0.4, -0.2) is 35.9 Å². The summed E-state index contributed by atoms with van der Waals surface area (Å²) in [7, 11) is 1.28. The van der Waals surface area contributed by atoms with Crippen molar-refractivity contribution in [3.63, 3.8) is 0 Å². The monoisotopic (exact) mass is 415 g/mol. The minimum Gasteiger partial charge on any atom is -0.467 e. The van der Waals surface area contributed by atoms with E-state index >= 15 is 0 Å². The minimum absolute atomic E-state index is 0.0716. The molecule has 0 rings (SSSR count). The Hall–Kier alpha value is -1.04. The molecule has 0 unspecified atom stereocenters. The molecule has 0 heterocycles. The van der Waals surface area contributed by atoms with Gasteiger partial charge in [-0.15, -0.1) is 0 Å². The maximum absolute atomic E-state index is 11.9. The first-order valence-electron chi connectivity index (χ1n) is 11.0. The van der Waals surface area contributed by atoms with E-state index in [1.807, 2.05) is 0 Å². The fourth-order valence-electron chi connectivity index (χ4n) is 3.09. The SMILES string of the molecule is CCCCCCCCCCCCCCCC(=O)SC[C@H](NC(C)=O)C(=O)OC. The molecule has 0 aromatic rings. The van der Waals surface area contributed by atoms with Crippen LogP contribution in [0.5, 0.6) is 0 Å². The molecule has 0 fully saturated rings. The summed E-state index contributed by atoms with van der Waals surface area (Å²) < 4.78 is 4.65. The highest BCUT2D eigenvalue weighted by Gasteiger charge is 2.21. The molecular weight excluding hydrogens is 374 g/mol. The molecule has 0 aromatic heterocycles. The summed E-state index contributed by atoms with van der Waals surface area (Å²) >= 11 is 1.10. The van der Waals surface area contributed by atoms with Gasteiger partial charge >= 0.3 is 5.97 Å². The quantitative estimate of drug-likeness (QED) is 0.239. The number of thioether (sulfide) groups is 1. The van der Waals surface area contributed by atoms with Crippen LogP contribution < -0.4 is 5.32 Å². The molecule has 6 heteroatoms. The number of nitrogens with one attached hydrogen (secondary N) is 1. The fourth-order valence-corrected chi connectivity index (χ4v) is 3.95. The third-order valence-corrected chi connectivity index (χ3v) is 5.78. The van der Waals surface area contributed by atoms with E-state index in [1.165, 1.54) is 84.7 Å².